The molecule has 0 aliphatic heterocycles. The Balaban J connectivity index is 4.19. The maximum absolute atomic E-state index is 10.1. The van der Waals surface area contributed by atoms with Gasteiger partial charge >= 0.3 is 5.97 Å². The van der Waals surface area contributed by atoms with E-state index in [1.165, 1.54) is 6.08 Å². The molecule has 0 heterocycles. The van der Waals surface area contributed by atoms with Crippen LogP contribution in [0.4, 0.5) is 0 Å². The Morgan fingerprint density at radius 2 is 2.22 bits per heavy atom. The zero-order valence-corrected chi connectivity index (χ0v) is 5.16. The van der Waals surface area contributed by atoms with Gasteiger partial charge in [0, 0.05) is 6.20 Å². The Hall–Kier alpha value is -1.25. The summed E-state index contributed by atoms with van der Waals surface area (Å²) in [6.45, 7) is 1.73. The van der Waals surface area contributed by atoms with Gasteiger partial charge < -0.3 is 10.8 Å². The molecule has 0 bridgehead atoms. The summed E-state index contributed by atoms with van der Waals surface area (Å²) in [5.41, 5.74) is 5.07. The number of rotatable bonds is 2. The fourth-order valence-corrected chi connectivity index (χ4v) is 0.378. The summed E-state index contributed by atoms with van der Waals surface area (Å²) < 4.78 is 0. The summed E-state index contributed by atoms with van der Waals surface area (Å²) in [6.07, 6.45) is 4.11. The first-order valence-corrected chi connectivity index (χ1v) is 2.50. The fraction of sp³-hybridized carbons (Fsp3) is 0.167. The minimum Gasteiger partial charge on any atom is -0.478 e. The van der Waals surface area contributed by atoms with Crippen LogP contribution in [-0.2, 0) is 4.79 Å². The summed E-state index contributed by atoms with van der Waals surface area (Å²) in [4.78, 5) is 10.1. The van der Waals surface area contributed by atoms with Crippen LogP contribution in [-0.4, -0.2) is 11.1 Å². The van der Waals surface area contributed by atoms with Crippen molar-refractivity contribution in [3.8, 4) is 0 Å². The van der Waals surface area contributed by atoms with Gasteiger partial charge in [0.2, 0.25) is 0 Å². The zero-order valence-electron chi connectivity index (χ0n) is 5.16. The number of hydrogen-bond donors (Lipinski definition) is 2. The third-order valence-electron chi connectivity index (χ3n) is 0.773. The molecule has 0 aliphatic rings. The smallest absolute Gasteiger partial charge is 0.337 e. The lowest BCUT2D eigenvalue weighted by atomic mass is 10.3. The average molecular weight is 127 g/mol. The summed E-state index contributed by atoms with van der Waals surface area (Å²) in [5, 5.41) is 8.30. The van der Waals surface area contributed by atoms with Gasteiger partial charge in [-0.15, -0.1) is 0 Å². The van der Waals surface area contributed by atoms with Crippen LogP contribution in [0.2, 0.25) is 0 Å². The van der Waals surface area contributed by atoms with Gasteiger partial charge in [0.25, 0.3) is 0 Å². The highest BCUT2D eigenvalue weighted by Gasteiger charge is 1.98. The molecule has 9 heavy (non-hydrogen) atoms. The lowest BCUT2D eigenvalue weighted by molar-refractivity contribution is -0.132. The van der Waals surface area contributed by atoms with E-state index >= 15 is 0 Å². The van der Waals surface area contributed by atoms with Gasteiger partial charge in [0.1, 0.15) is 0 Å². The molecular weight excluding hydrogens is 118 g/mol. The van der Waals surface area contributed by atoms with Crippen molar-refractivity contribution in [3.05, 3.63) is 23.9 Å². The third kappa shape index (κ3) is 2.54. The number of carboxylic acids is 1. The fourth-order valence-electron chi connectivity index (χ4n) is 0.378. The summed E-state index contributed by atoms with van der Waals surface area (Å²) in [5.74, 6) is -1.00. The van der Waals surface area contributed by atoms with Crippen molar-refractivity contribution < 1.29 is 9.90 Å². The average Bonchev–Trinajstić information content (AvgIpc) is 1.82. The number of hydrogen-bond acceptors (Lipinski definition) is 2. The van der Waals surface area contributed by atoms with E-state index in [0.717, 1.165) is 6.20 Å². The van der Waals surface area contributed by atoms with Crippen LogP contribution in [0.15, 0.2) is 23.9 Å². The highest BCUT2D eigenvalue weighted by molar-refractivity contribution is 5.89. The van der Waals surface area contributed by atoms with Crippen LogP contribution in [0.3, 0.4) is 0 Å². The predicted molar refractivity (Wildman–Crippen MR) is 34.7 cm³/mol. The Morgan fingerprint density at radius 1 is 1.67 bits per heavy atom. The molecule has 0 fully saturated rings. The van der Waals surface area contributed by atoms with E-state index in [2.05, 4.69) is 0 Å². The quantitative estimate of drug-likeness (QED) is 0.419. The van der Waals surface area contributed by atoms with E-state index in [1.807, 2.05) is 0 Å². The van der Waals surface area contributed by atoms with E-state index in [1.54, 1.807) is 13.0 Å². The van der Waals surface area contributed by atoms with Gasteiger partial charge in [-0.1, -0.05) is 12.2 Å². The third-order valence-corrected chi connectivity index (χ3v) is 0.773. The first-order chi connectivity index (χ1) is 4.22. The highest BCUT2D eigenvalue weighted by Crippen LogP contribution is 1.92. The number of aliphatic carboxylic acids is 1. The second-order valence-corrected chi connectivity index (χ2v) is 1.43. The molecule has 0 aromatic carbocycles. The van der Waals surface area contributed by atoms with Crippen molar-refractivity contribution in [2.75, 3.05) is 0 Å². The maximum Gasteiger partial charge on any atom is 0.337 e. The number of carbonyl (C=O) groups is 1. The molecule has 0 spiro atoms. The van der Waals surface area contributed by atoms with E-state index in [9.17, 15) is 4.79 Å². The summed E-state index contributed by atoms with van der Waals surface area (Å²) >= 11 is 0. The minimum absolute atomic E-state index is 0.109. The van der Waals surface area contributed by atoms with Gasteiger partial charge in [0.15, 0.2) is 0 Å². The zero-order chi connectivity index (χ0) is 7.28. The molecule has 0 atom stereocenters. The molecular formula is C6H9NO2. The van der Waals surface area contributed by atoms with E-state index in [4.69, 9.17) is 10.8 Å². The maximum atomic E-state index is 10.1. The topological polar surface area (TPSA) is 63.3 Å². The lowest BCUT2D eigenvalue weighted by Gasteiger charge is -1.88. The van der Waals surface area contributed by atoms with Crippen molar-refractivity contribution in [1.82, 2.24) is 0 Å². The molecule has 0 unspecified atom stereocenters. The number of nitrogens with two attached hydrogens (primary N) is 1. The van der Waals surface area contributed by atoms with Crippen molar-refractivity contribution in [2.24, 2.45) is 5.73 Å². The molecule has 0 amide bonds. The van der Waals surface area contributed by atoms with Gasteiger partial charge in [-0.25, -0.2) is 4.79 Å². The first-order valence-electron chi connectivity index (χ1n) is 2.50. The van der Waals surface area contributed by atoms with Crippen LogP contribution < -0.4 is 5.73 Å². The van der Waals surface area contributed by atoms with Crippen LogP contribution in [0.1, 0.15) is 6.92 Å². The Kier molecular flexibility index (Phi) is 3.20. The van der Waals surface area contributed by atoms with Crippen LogP contribution >= 0.6 is 0 Å². The molecule has 0 saturated carbocycles. The van der Waals surface area contributed by atoms with Gasteiger partial charge in [-0.2, -0.15) is 0 Å². The Labute approximate surface area is 53.5 Å². The SMILES string of the molecule is C/C=C\C(=C/N)C(=O)O. The van der Waals surface area contributed by atoms with Crippen molar-refractivity contribution in [3.63, 3.8) is 0 Å². The first kappa shape index (κ1) is 7.75. The number of carboxylic acid groups (broad SMARTS) is 1. The normalized spacial score (nSPS) is 12.3. The summed E-state index contributed by atoms with van der Waals surface area (Å²) in [7, 11) is 0. The summed E-state index contributed by atoms with van der Waals surface area (Å²) in [6, 6.07) is 0. The molecule has 0 aromatic heterocycles. The molecule has 3 N–H and O–H groups in total. The van der Waals surface area contributed by atoms with Crippen LogP contribution in [0, 0.1) is 0 Å². The van der Waals surface area contributed by atoms with Crippen LogP contribution in [0.25, 0.3) is 0 Å². The molecule has 0 saturated heterocycles. The largest absolute Gasteiger partial charge is 0.478 e. The number of allylic oxidation sites excluding steroid dienone is 1. The molecule has 3 heteroatoms. The molecule has 50 valence electrons. The minimum atomic E-state index is -1.00. The predicted octanol–water partition coefficient (Wildman–Crippen LogP) is 0.490. The highest BCUT2D eigenvalue weighted by atomic mass is 16.4. The van der Waals surface area contributed by atoms with E-state index in [0.29, 0.717) is 0 Å². The Morgan fingerprint density at radius 3 is 2.33 bits per heavy atom. The van der Waals surface area contributed by atoms with Gasteiger partial charge in [-0.3, -0.25) is 0 Å². The molecule has 3 nitrogen and oxygen atoms in total. The molecule has 0 rings (SSSR count). The van der Waals surface area contributed by atoms with E-state index < -0.39 is 5.97 Å². The molecule has 0 aromatic rings. The second-order valence-electron chi connectivity index (χ2n) is 1.43. The standard InChI is InChI=1S/C6H9NO2/c1-2-3-5(4-7)6(8)9/h2-4H,7H2,1H3,(H,8,9)/b3-2-,5-4+. The van der Waals surface area contributed by atoms with Gasteiger partial charge in [0.05, 0.1) is 5.57 Å². The second kappa shape index (κ2) is 3.72. The van der Waals surface area contributed by atoms with Crippen molar-refractivity contribution >= 4 is 5.97 Å². The van der Waals surface area contributed by atoms with Crippen molar-refractivity contribution in [1.29, 1.82) is 0 Å². The molecule has 0 radical (unpaired) electrons. The molecule has 0 aliphatic carbocycles. The lowest BCUT2D eigenvalue weighted by Crippen LogP contribution is -1.99. The van der Waals surface area contributed by atoms with Crippen molar-refractivity contribution in [2.45, 2.75) is 6.92 Å². The van der Waals surface area contributed by atoms with Crippen LogP contribution in [0.5, 0.6) is 0 Å². The van der Waals surface area contributed by atoms with E-state index in [-0.39, 0.29) is 5.57 Å². The monoisotopic (exact) mass is 127 g/mol. The Bertz CT molecular complexity index is 158. The van der Waals surface area contributed by atoms with Gasteiger partial charge in [-0.05, 0) is 6.92 Å².